The van der Waals surface area contributed by atoms with Crippen LogP contribution in [0.4, 0.5) is 11.6 Å². The van der Waals surface area contributed by atoms with Crippen molar-refractivity contribution in [3.63, 3.8) is 0 Å². The molecule has 1 aliphatic heterocycles. The summed E-state index contributed by atoms with van der Waals surface area (Å²) in [5.41, 5.74) is 1.96. The number of anilines is 2. The second kappa shape index (κ2) is 9.43. The molecular formula is C25H25N5O4. The van der Waals surface area contributed by atoms with Crippen molar-refractivity contribution in [3.8, 4) is 17.7 Å². The molecule has 1 saturated carbocycles. The predicted molar refractivity (Wildman–Crippen MR) is 123 cm³/mol. The molecule has 2 fully saturated rings. The molecule has 9 nitrogen and oxygen atoms in total. The van der Waals surface area contributed by atoms with E-state index >= 15 is 0 Å². The fourth-order valence-corrected chi connectivity index (χ4v) is 4.08. The summed E-state index contributed by atoms with van der Waals surface area (Å²) < 4.78 is 11.1. The Morgan fingerprint density at radius 1 is 1.06 bits per heavy atom. The molecule has 3 heterocycles. The number of rotatable bonds is 7. The molecule has 174 valence electrons. The van der Waals surface area contributed by atoms with Gasteiger partial charge < -0.3 is 24.4 Å². The topological polar surface area (TPSA) is 124 Å². The van der Waals surface area contributed by atoms with E-state index in [0.717, 1.165) is 24.1 Å². The zero-order valence-electron chi connectivity index (χ0n) is 18.6. The Morgan fingerprint density at radius 3 is 2.44 bits per heavy atom. The van der Waals surface area contributed by atoms with Crippen LogP contribution in [0.2, 0.25) is 0 Å². The molecule has 1 aromatic carbocycles. The molecule has 2 amide bonds. The van der Waals surface area contributed by atoms with Gasteiger partial charge in [-0.25, -0.2) is 0 Å². The van der Waals surface area contributed by atoms with Crippen LogP contribution < -0.4 is 15.5 Å². The summed E-state index contributed by atoms with van der Waals surface area (Å²) in [6, 6.07) is 13.1. The monoisotopic (exact) mass is 459 g/mol. The second-order valence-corrected chi connectivity index (χ2v) is 8.70. The standard InChI is InChI=1S/C25H25N5O4/c26-14-20-25(34-24(29-20)21-2-1-13-33-21)30-11-9-18(10-12-30)22(31)27-15-16-3-7-19(8-4-16)28-23(32)17-5-6-17/h1-4,7-8,13,17-18H,5-6,9-12,15H2,(H,27,31)(H,28,32). The van der Waals surface area contributed by atoms with E-state index in [9.17, 15) is 14.9 Å². The molecule has 1 aliphatic carbocycles. The summed E-state index contributed by atoms with van der Waals surface area (Å²) in [5, 5.41) is 15.4. The molecule has 1 saturated heterocycles. The maximum absolute atomic E-state index is 12.7. The van der Waals surface area contributed by atoms with E-state index in [4.69, 9.17) is 8.83 Å². The Bertz CT molecular complexity index is 1200. The normalized spacial score (nSPS) is 16.1. The van der Waals surface area contributed by atoms with Crippen molar-refractivity contribution in [1.29, 1.82) is 5.26 Å². The summed E-state index contributed by atoms with van der Waals surface area (Å²) in [6.07, 6.45) is 4.77. The molecule has 0 spiro atoms. The van der Waals surface area contributed by atoms with Crippen LogP contribution in [-0.4, -0.2) is 29.9 Å². The number of nitrogens with one attached hydrogen (secondary N) is 2. The molecule has 3 aromatic rings. The Kier molecular flexibility index (Phi) is 6.04. The number of nitrogens with zero attached hydrogens (tertiary/aromatic N) is 3. The lowest BCUT2D eigenvalue weighted by molar-refractivity contribution is -0.125. The van der Waals surface area contributed by atoms with Gasteiger partial charge >= 0.3 is 0 Å². The highest BCUT2D eigenvalue weighted by molar-refractivity contribution is 5.94. The maximum Gasteiger partial charge on any atom is 0.266 e. The van der Waals surface area contributed by atoms with Gasteiger partial charge in [0, 0.05) is 37.2 Å². The van der Waals surface area contributed by atoms with E-state index in [2.05, 4.69) is 21.7 Å². The largest absolute Gasteiger partial charge is 0.459 e. The number of carbonyl (C=O) groups excluding carboxylic acids is 2. The van der Waals surface area contributed by atoms with Gasteiger partial charge in [-0.1, -0.05) is 12.1 Å². The minimum atomic E-state index is -0.105. The van der Waals surface area contributed by atoms with Crippen LogP contribution in [0.25, 0.3) is 11.7 Å². The van der Waals surface area contributed by atoms with Crippen LogP contribution in [0, 0.1) is 23.2 Å². The highest BCUT2D eigenvalue weighted by Gasteiger charge is 2.30. The van der Waals surface area contributed by atoms with Crippen molar-refractivity contribution in [1.82, 2.24) is 10.3 Å². The van der Waals surface area contributed by atoms with Gasteiger partial charge in [0.15, 0.2) is 5.76 Å². The highest BCUT2D eigenvalue weighted by Crippen LogP contribution is 2.32. The zero-order chi connectivity index (χ0) is 23.5. The molecule has 5 rings (SSSR count). The minimum absolute atomic E-state index is 0.0140. The number of hydrogen-bond acceptors (Lipinski definition) is 7. The van der Waals surface area contributed by atoms with E-state index in [1.807, 2.05) is 29.2 Å². The summed E-state index contributed by atoms with van der Waals surface area (Å²) in [7, 11) is 0. The number of piperidine rings is 1. The smallest absolute Gasteiger partial charge is 0.266 e. The molecule has 0 atom stereocenters. The van der Waals surface area contributed by atoms with Crippen molar-refractivity contribution < 1.29 is 18.4 Å². The second-order valence-electron chi connectivity index (χ2n) is 8.70. The number of benzene rings is 1. The number of oxazole rings is 1. The third-order valence-electron chi connectivity index (χ3n) is 6.24. The lowest BCUT2D eigenvalue weighted by atomic mass is 9.96. The van der Waals surface area contributed by atoms with Crippen molar-refractivity contribution in [2.45, 2.75) is 32.2 Å². The van der Waals surface area contributed by atoms with E-state index < -0.39 is 0 Å². The van der Waals surface area contributed by atoms with Gasteiger partial charge in [0.1, 0.15) is 6.07 Å². The Labute approximate surface area is 196 Å². The zero-order valence-corrected chi connectivity index (χ0v) is 18.6. The Hall–Kier alpha value is -4.06. The van der Waals surface area contributed by atoms with Gasteiger partial charge in [0.2, 0.25) is 23.4 Å². The van der Waals surface area contributed by atoms with Crippen LogP contribution in [0.5, 0.6) is 0 Å². The van der Waals surface area contributed by atoms with Gasteiger partial charge in [0.05, 0.1) is 6.26 Å². The summed E-state index contributed by atoms with van der Waals surface area (Å²) >= 11 is 0. The molecule has 2 aliphatic rings. The highest BCUT2D eigenvalue weighted by atomic mass is 16.4. The first-order chi connectivity index (χ1) is 16.6. The lowest BCUT2D eigenvalue weighted by Gasteiger charge is -2.31. The van der Waals surface area contributed by atoms with Gasteiger partial charge in [-0.2, -0.15) is 10.2 Å². The first-order valence-electron chi connectivity index (χ1n) is 11.5. The third kappa shape index (κ3) is 4.81. The Morgan fingerprint density at radius 2 is 1.79 bits per heavy atom. The average molecular weight is 460 g/mol. The van der Waals surface area contributed by atoms with E-state index in [-0.39, 0.29) is 35.2 Å². The van der Waals surface area contributed by atoms with E-state index in [1.54, 1.807) is 12.1 Å². The van der Waals surface area contributed by atoms with Crippen LogP contribution >= 0.6 is 0 Å². The first kappa shape index (κ1) is 21.8. The summed E-state index contributed by atoms with van der Waals surface area (Å²) in [6.45, 7) is 1.62. The number of aromatic nitrogens is 1. The van der Waals surface area contributed by atoms with Crippen LogP contribution in [0.1, 0.15) is 36.9 Å². The molecule has 2 aromatic heterocycles. The fraction of sp³-hybridized carbons (Fsp3) is 0.360. The van der Waals surface area contributed by atoms with Crippen LogP contribution in [-0.2, 0) is 16.1 Å². The van der Waals surface area contributed by atoms with Crippen molar-refractivity contribution >= 4 is 23.4 Å². The summed E-state index contributed by atoms with van der Waals surface area (Å²) in [4.78, 5) is 30.7. The van der Waals surface area contributed by atoms with Crippen molar-refractivity contribution in [2.75, 3.05) is 23.3 Å². The molecule has 0 unspecified atom stereocenters. The molecule has 0 bridgehead atoms. The van der Waals surface area contributed by atoms with Crippen LogP contribution in [0.15, 0.2) is 51.5 Å². The number of amides is 2. The molecule has 2 N–H and O–H groups in total. The molecule has 0 radical (unpaired) electrons. The number of hydrogen-bond donors (Lipinski definition) is 2. The summed E-state index contributed by atoms with van der Waals surface area (Å²) in [5.74, 6) is 1.31. The van der Waals surface area contributed by atoms with Gasteiger partial charge in [-0.05, 0) is 55.5 Å². The third-order valence-corrected chi connectivity index (χ3v) is 6.24. The Balaban J connectivity index is 1.11. The SMILES string of the molecule is N#Cc1nc(-c2ccco2)oc1N1CCC(C(=O)NCc2ccc(NC(=O)C3CC3)cc2)CC1. The average Bonchev–Trinajstić information content (AvgIpc) is 3.40. The molecule has 34 heavy (non-hydrogen) atoms. The maximum atomic E-state index is 12.7. The predicted octanol–water partition coefficient (Wildman–Crippen LogP) is 3.69. The van der Waals surface area contributed by atoms with Crippen molar-refractivity contribution in [2.24, 2.45) is 11.8 Å². The number of furan rings is 1. The molecule has 9 heteroatoms. The molecular weight excluding hydrogens is 434 g/mol. The number of carbonyl (C=O) groups is 2. The minimum Gasteiger partial charge on any atom is -0.459 e. The fourth-order valence-electron chi connectivity index (χ4n) is 4.08. The van der Waals surface area contributed by atoms with Gasteiger partial charge in [-0.3, -0.25) is 9.59 Å². The lowest BCUT2D eigenvalue weighted by Crippen LogP contribution is -2.40. The van der Waals surface area contributed by atoms with Crippen LogP contribution in [0.3, 0.4) is 0 Å². The van der Waals surface area contributed by atoms with E-state index in [0.29, 0.717) is 44.1 Å². The first-order valence-corrected chi connectivity index (χ1v) is 11.5. The quantitative estimate of drug-likeness (QED) is 0.552. The van der Waals surface area contributed by atoms with E-state index in [1.165, 1.54) is 6.26 Å². The van der Waals surface area contributed by atoms with Gasteiger partial charge in [-0.15, -0.1) is 0 Å². The number of nitriles is 1. The van der Waals surface area contributed by atoms with Crippen molar-refractivity contribution in [3.05, 3.63) is 53.9 Å². The van der Waals surface area contributed by atoms with Gasteiger partial charge in [0.25, 0.3) is 5.89 Å².